The maximum absolute atomic E-state index is 9.18. The second kappa shape index (κ2) is 5.91. The number of rotatable bonds is 3. The SMILES string of the molecule is OB(O)c1cccc(-c2ccc(-c3ccccc3)cc2)n1. The molecule has 0 saturated heterocycles. The highest BCUT2D eigenvalue weighted by Crippen LogP contribution is 2.23. The van der Waals surface area contributed by atoms with Crippen molar-refractivity contribution in [3.05, 3.63) is 72.8 Å². The van der Waals surface area contributed by atoms with Crippen molar-refractivity contribution >= 4 is 12.7 Å². The molecule has 3 aromatic rings. The molecule has 0 atom stereocenters. The third-order valence-corrected chi connectivity index (χ3v) is 3.32. The van der Waals surface area contributed by atoms with Gasteiger partial charge in [0.05, 0.1) is 11.3 Å². The number of pyridine rings is 1. The summed E-state index contributed by atoms with van der Waals surface area (Å²) in [5, 5.41) is 18.4. The largest absolute Gasteiger partial charge is 0.508 e. The fourth-order valence-electron chi connectivity index (χ4n) is 2.22. The second-order valence-corrected chi connectivity index (χ2v) is 4.76. The molecule has 2 N–H and O–H groups in total. The predicted octanol–water partition coefficient (Wildman–Crippen LogP) is 2.10. The van der Waals surface area contributed by atoms with Crippen molar-refractivity contribution in [1.82, 2.24) is 4.98 Å². The van der Waals surface area contributed by atoms with Crippen LogP contribution in [0.2, 0.25) is 0 Å². The highest BCUT2D eigenvalue weighted by Gasteiger charge is 2.13. The Morgan fingerprint density at radius 3 is 1.90 bits per heavy atom. The lowest BCUT2D eigenvalue weighted by atomic mass is 9.85. The molecule has 0 aliphatic carbocycles. The lowest BCUT2D eigenvalue weighted by molar-refractivity contribution is 0.424. The first-order valence-corrected chi connectivity index (χ1v) is 6.73. The van der Waals surface area contributed by atoms with Gasteiger partial charge in [0.1, 0.15) is 0 Å². The van der Waals surface area contributed by atoms with Gasteiger partial charge in [-0.25, -0.2) is 0 Å². The minimum absolute atomic E-state index is 0.250. The second-order valence-electron chi connectivity index (χ2n) is 4.76. The molecule has 21 heavy (non-hydrogen) atoms. The van der Waals surface area contributed by atoms with Gasteiger partial charge in [-0.1, -0.05) is 60.7 Å². The molecule has 0 bridgehead atoms. The maximum Gasteiger partial charge on any atom is 0.508 e. The van der Waals surface area contributed by atoms with Crippen LogP contribution in [0.25, 0.3) is 22.4 Å². The van der Waals surface area contributed by atoms with Crippen LogP contribution in [0.3, 0.4) is 0 Å². The molecule has 0 spiro atoms. The van der Waals surface area contributed by atoms with Crippen molar-refractivity contribution in [2.75, 3.05) is 0 Å². The van der Waals surface area contributed by atoms with Crippen LogP contribution in [0.4, 0.5) is 0 Å². The quantitative estimate of drug-likeness (QED) is 0.720. The Kier molecular flexibility index (Phi) is 3.82. The van der Waals surface area contributed by atoms with Gasteiger partial charge in [0.2, 0.25) is 0 Å². The Morgan fingerprint density at radius 2 is 1.24 bits per heavy atom. The van der Waals surface area contributed by atoms with Gasteiger partial charge in [0, 0.05) is 5.56 Å². The molecule has 0 fully saturated rings. The van der Waals surface area contributed by atoms with E-state index in [0.29, 0.717) is 0 Å². The molecule has 102 valence electrons. The average Bonchev–Trinajstić information content (AvgIpc) is 2.56. The number of benzene rings is 2. The van der Waals surface area contributed by atoms with Crippen molar-refractivity contribution < 1.29 is 10.0 Å². The van der Waals surface area contributed by atoms with Gasteiger partial charge in [-0.2, -0.15) is 0 Å². The molecule has 4 heteroatoms. The van der Waals surface area contributed by atoms with Gasteiger partial charge >= 0.3 is 7.12 Å². The van der Waals surface area contributed by atoms with Crippen molar-refractivity contribution in [3.8, 4) is 22.4 Å². The first-order chi connectivity index (χ1) is 10.2. The normalized spacial score (nSPS) is 10.4. The molecular formula is C17H14BNO2. The summed E-state index contributed by atoms with van der Waals surface area (Å²) >= 11 is 0. The number of nitrogens with zero attached hydrogens (tertiary/aromatic N) is 1. The number of hydrogen-bond acceptors (Lipinski definition) is 3. The third-order valence-electron chi connectivity index (χ3n) is 3.32. The van der Waals surface area contributed by atoms with E-state index >= 15 is 0 Å². The van der Waals surface area contributed by atoms with Gasteiger partial charge in [-0.15, -0.1) is 0 Å². The molecular weight excluding hydrogens is 261 g/mol. The molecule has 3 nitrogen and oxygen atoms in total. The molecule has 1 aromatic heterocycles. The van der Waals surface area contributed by atoms with Crippen molar-refractivity contribution in [2.24, 2.45) is 0 Å². The highest BCUT2D eigenvalue weighted by atomic mass is 16.4. The molecule has 0 amide bonds. The van der Waals surface area contributed by atoms with E-state index in [2.05, 4.69) is 17.1 Å². The summed E-state index contributed by atoms with van der Waals surface area (Å²) in [4.78, 5) is 4.24. The summed E-state index contributed by atoms with van der Waals surface area (Å²) in [7, 11) is -1.55. The highest BCUT2D eigenvalue weighted by molar-refractivity contribution is 6.57. The van der Waals surface area contributed by atoms with Gasteiger partial charge in [-0.3, -0.25) is 4.98 Å². The van der Waals surface area contributed by atoms with E-state index in [1.807, 2.05) is 48.5 Å². The van der Waals surface area contributed by atoms with Crippen molar-refractivity contribution in [1.29, 1.82) is 0 Å². The van der Waals surface area contributed by atoms with Crippen molar-refractivity contribution in [3.63, 3.8) is 0 Å². The summed E-state index contributed by atoms with van der Waals surface area (Å²) in [6.45, 7) is 0. The van der Waals surface area contributed by atoms with E-state index in [0.717, 1.165) is 22.4 Å². The topological polar surface area (TPSA) is 53.4 Å². The number of aromatic nitrogens is 1. The minimum atomic E-state index is -1.55. The summed E-state index contributed by atoms with van der Waals surface area (Å²) in [6, 6.07) is 23.4. The Balaban J connectivity index is 1.93. The molecule has 1 heterocycles. The molecule has 0 aliphatic rings. The fourth-order valence-corrected chi connectivity index (χ4v) is 2.22. The van der Waals surface area contributed by atoms with Crippen LogP contribution in [0.15, 0.2) is 72.8 Å². The smallest absolute Gasteiger partial charge is 0.422 e. The van der Waals surface area contributed by atoms with Crippen LogP contribution in [0.5, 0.6) is 0 Å². The summed E-state index contributed by atoms with van der Waals surface area (Å²) < 4.78 is 0. The van der Waals surface area contributed by atoms with E-state index in [9.17, 15) is 10.0 Å². The minimum Gasteiger partial charge on any atom is -0.422 e. The lowest BCUT2D eigenvalue weighted by Crippen LogP contribution is -2.32. The lowest BCUT2D eigenvalue weighted by Gasteiger charge is -2.06. The van der Waals surface area contributed by atoms with Gasteiger partial charge in [0.15, 0.2) is 0 Å². The van der Waals surface area contributed by atoms with E-state index in [-0.39, 0.29) is 5.59 Å². The molecule has 0 saturated carbocycles. The maximum atomic E-state index is 9.18. The van der Waals surface area contributed by atoms with E-state index in [1.54, 1.807) is 12.1 Å². The Morgan fingerprint density at radius 1 is 0.619 bits per heavy atom. The summed E-state index contributed by atoms with van der Waals surface area (Å²) in [6.07, 6.45) is 0. The molecule has 0 radical (unpaired) electrons. The van der Waals surface area contributed by atoms with Crippen LogP contribution in [0.1, 0.15) is 0 Å². The first-order valence-electron chi connectivity index (χ1n) is 6.73. The Bertz CT molecular complexity index is 727. The van der Waals surface area contributed by atoms with Gasteiger partial charge < -0.3 is 10.0 Å². The van der Waals surface area contributed by atoms with Crippen LogP contribution in [-0.4, -0.2) is 22.2 Å². The average molecular weight is 275 g/mol. The molecule has 2 aromatic carbocycles. The number of hydrogen-bond donors (Lipinski definition) is 2. The Hall–Kier alpha value is -2.43. The summed E-state index contributed by atoms with van der Waals surface area (Å²) in [5.74, 6) is 0. The Labute approximate surface area is 123 Å². The molecule has 0 aliphatic heterocycles. The van der Waals surface area contributed by atoms with Crippen LogP contribution < -0.4 is 5.59 Å². The van der Waals surface area contributed by atoms with Crippen molar-refractivity contribution in [2.45, 2.75) is 0 Å². The zero-order valence-corrected chi connectivity index (χ0v) is 11.3. The molecule has 0 unspecified atom stereocenters. The van der Waals surface area contributed by atoms with Crippen LogP contribution in [0, 0.1) is 0 Å². The molecule has 3 rings (SSSR count). The van der Waals surface area contributed by atoms with Crippen LogP contribution >= 0.6 is 0 Å². The summed E-state index contributed by atoms with van der Waals surface area (Å²) in [5.41, 5.74) is 4.21. The zero-order valence-electron chi connectivity index (χ0n) is 11.3. The van der Waals surface area contributed by atoms with E-state index in [1.165, 1.54) is 0 Å². The zero-order chi connectivity index (χ0) is 14.7. The van der Waals surface area contributed by atoms with Gasteiger partial charge in [0.25, 0.3) is 0 Å². The first kappa shape index (κ1) is 13.6. The van der Waals surface area contributed by atoms with Gasteiger partial charge in [-0.05, 0) is 23.3 Å². The standard InChI is InChI=1S/C17H14BNO2/c20-18(21)17-8-4-7-16(19-17)15-11-9-14(10-12-15)13-5-2-1-3-6-13/h1-12,20-21H. The fraction of sp³-hybridized carbons (Fsp3) is 0. The monoisotopic (exact) mass is 275 g/mol. The van der Waals surface area contributed by atoms with E-state index < -0.39 is 7.12 Å². The third kappa shape index (κ3) is 3.02. The van der Waals surface area contributed by atoms with Crippen LogP contribution in [-0.2, 0) is 0 Å². The van der Waals surface area contributed by atoms with E-state index in [4.69, 9.17) is 0 Å². The predicted molar refractivity (Wildman–Crippen MR) is 84.9 cm³/mol.